The van der Waals surface area contributed by atoms with Gasteiger partial charge in [-0.15, -0.1) is 0 Å². The maximum absolute atomic E-state index is 12.2. The van der Waals surface area contributed by atoms with Crippen molar-refractivity contribution in [2.24, 2.45) is 0 Å². The van der Waals surface area contributed by atoms with Crippen LogP contribution >= 0.6 is 11.8 Å². The van der Waals surface area contributed by atoms with Gasteiger partial charge in [-0.25, -0.2) is 4.98 Å². The zero-order chi connectivity index (χ0) is 14.6. The first-order valence-corrected chi connectivity index (χ1v) is 8.20. The van der Waals surface area contributed by atoms with E-state index in [0.717, 1.165) is 40.5 Å². The van der Waals surface area contributed by atoms with E-state index in [1.54, 1.807) is 11.8 Å². The molecular weight excluding hydrogens is 284 g/mol. The van der Waals surface area contributed by atoms with E-state index in [-0.39, 0.29) is 11.2 Å². The van der Waals surface area contributed by atoms with Crippen LogP contribution in [0.1, 0.15) is 30.7 Å². The van der Waals surface area contributed by atoms with Gasteiger partial charge in [-0.2, -0.15) is 11.8 Å². The van der Waals surface area contributed by atoms with Crippen LogP contribution in [-0.2, 0) is 17.9 Å². The average molecular weight is 300 g/mol. The van der Waals surface area contributed by atoms with E-state index in [4.69, 9.17) is 4.74 Å². The maximum atomic E-state index is 12.2. The average Bonchev–Trinajstić information content (AvgIpc) is 3.00. The zero-order valence-corrected chi connectivity index (χ0v) is 12.8. The topological polar surface area (TPSA) is 55.0 Å². The van der Waals surface area contributed by atoms with E-state index in [1.807, 2.05) is 12.1 Å². The van der Waals surface area contributed by atoms with E-state index in [1.165, 1.54) is 5.56 Å². The second kappa shape index (κ2) is 4.37. The summed E-state index contributed by atoms with van der Waals surface area (Å²) in [5.74, 6) is 3.05. The number of ether oxygens (including phenoxy) is 1. The Kier molecular flexibility index (Phi) is 2.70. The van der Waals surface area contributed by atoms with Crippen molar-refractivity contribution in [2.45, 2.75) is 37.4 Å². The van der Waals surface area contributed by atoms with Crippen LogP contribution in [0.2, 0.25) is 0 Å². The summed E-state index contributed by atoms with van der Waals surface area (Å²) in [6, 6.07) is 6.04. The number of hydrogen-bond acceptors (Lipinski definition) is 4. The third kappa shape index (κ3) is 2.07. The lowest BCUT2D eigenvalue weighted by Gasteiger charge is -2.18. The Morgan fingerprint density at radius 1 is 1.33 bits per heavy atom. The summed E-state index contributed by atoms with van der Waals surface area (Å²) < 4.78 is 6.07. The van der Waals surface area contributed by atoms with E-state index in [2.05, 4.69) is 29.9 Å². The molecule has 1 N–H and O–H groups in total. The smallest absolute Gasteiger partial charge is 0.255 e. The highest BCUT2D eigenvalue weighted by molar-refractivity contribution is 7.98. The lowest BCUT2D eigenvalue weighted by molar-refractivity contribution is 0.139. The fourth-order valence-electron chi connectivity index (χ4n) is 2.99. The molecule has 0 saturated carbocycles. The van der Waals surface area contributed by atoms with Gasteiger partial charge in [-0.05, 0) is 25.5 Å². The summed E-state index contributed by atoms with van der Waals surface area (Å²) in [5.41, 5.74) is 3.57. The predicted molar refractivity (Wildman–Crippen MR) is 83.7 cm³/mol. The van der Waals surface area contributed by atoms with E-state index < -0.39 is 0 Å². The number of aromatic nitrogens is 2. The molecule has 4 nitrogen and oxygen atoms in total. The van der Waals surface area contributed by atoms with Crippen molar-refractivity contribution >= 4 is 11.8 Å². The second-order valence-corrected chi connectivity index (χ2v) is 7.15. The predicted octanol–water partition coefficient (Wildman–Crippen LogP) is 2.90. The lowest BCUT2D eigenvalue weighted by Crippen LogP contribution is -2.24. The van der Waals surface area contributed by atoms with Gasteiger partial charge in [-0.3, -0.25) is 4.79 Å². The van der Waals surface area contributed by atoms with Crippen molar-refractivity contribution in [3.63, 3.8) is 0 Å². The molecule has 108 valence electrons. The third-order valence-electron chi connectivity index (χ3n) is 3.93. The van der Waals surface area contributed by atoms with Gasteiger partial charge in [0.2, 0.25) is 0 Å². The Labute approximate surface area is 127 Å². The molecule has 0 fully saturated rings. The molecule has 2 aromatic rings. The van der Waals surface area contributed by atoms with Gasteiger partial charge >= 0.3 is 0 Å². The van der Waals surface area contributed by atoms with Gasteiger partial charge in [-0.1, -0.05) is 12.1 Å². The summed E-state index contributed by atoms with van der Waals surface area (Å²) in [6.45, 7) is 4.15. The summed E-state index contributed by atoms with van der Waals surface area (Å²) in [5, 5.41) is 0. The Morgan fingerprint density at radius 2 is 2.19 bits per heavy atom. The summed E-state index contributed by atoms with van der Waals surface area (Å²) >= 11 is 1.73. The molecule has 0 spiro atoms. The molecule has 1 aromatic heterocycles. The van der Waals surface area contributed by atoms with Crippen molar-refractivity contribution in [3.8, 4) is 17.1 Å². The number of aromatic amines is 1. The van der Waals surface area contributed by atoms with Gasteiger partial charge in [0.1, 0.15) is 17.2 Å². The van der Waals surface area contributed by atoms with E-state index in [0.29, 0.717) is 5.82 Å². The highest BCUT2D eigenvalue weighted by atomic mass is 32.2. The molecule has 0 saturated heterocycles. The van der Waals surface area contributed by atoms with Gasteiger partial charge in [0.25, 0.3) is 5.56 Å². The van der Waals surface area contributed by atoms with Gasteiger partial charge in [0, 0.05) is 23.5 Å². The monoisotopic (exact) mass is 300 g/mol. The summed E-state index contributed by atoms with van der Waals surface area (Å²) in [7, 11) is 0. The minimum Gasteiger partial charge on any atom is -0.486 e. The Balaban J connectivity index is 1.88. The molecule has 21 heavy (non-hydrogen) atoms. The zero-order valence-electron chi connectivity index (χ0n) is 12.0. The minimum atomic E-state index is -0.203. The molecule has 2 aliphatic heterocycles. The number of para-hydroxylation sites is 1. The molecule has 1 aromatic carbocycles. The number of thioether (sulfide) groups is 1. The van der Waals surface area contributed by atoms with Crippen LogP contribution in [0.25, 0.3) is 11.4 Å². The van der Waals surface area contributed by atoms with Crippen molar-refractivity contribution in [1.29, 1.82) is 0 Å². The molecule has 0 radical (unpaired) electrons. The van der Waals surface area contributed by atoms with Gasteiger partial charge in [0.05, 0.1) is 11.3 Å². The van der Waals surface area contributed by atoms with Gasteiger partial charge < -0.3 is 9.72 Å². The normalized spacial score (nSPS) is 18.2. The fourth-order valence-corrected chi connectivity index (χ4v) is 4.03. The standard InChI is InChI=1S/C16H16N2O2S/c1-16(2)6-9-4-3-5-10(13(9)20-16)14-17-12-8-21-7-11(12)15(19)18-14/h3-5H,6-8H2,1-2H3,(H,17,18,19). The molecule has 2 aliphatic rings. The maximum Gasteiger partial charge on any atom is 0.255 e. The van der Waals surface area contributed by atoms with Crippen molar-refractivity contribution in [1.82, 2.24) is 9.97 Å². The summed E-state index contributed by atoms with van der Waals surface area (Å²) in [6.07, 6.45) is 0.876. The lowest BCUT2D eigenvalue weighted by atomic mass is 10.0. The number of nitrogens with one attached hydrogen (secondary N) is 1. The number of benzene rings is 1. The van der Waals surface area contributed by atoms with Crippen LogP contribution in [0, 0.1) is 0 Å². The minimum absolute atomic E-state index is 0.0186. The van der Waals surface area contributed by atoms with Crippen LogP contribution in [0.15, 0.2) is 23.0 Å². The highest BCUT2D eigenvalue weighted by Gasteiger charge is 2.32. The largest absolute Gasteiger partial charge is 0.486 e. The number of rotatable bonds is 1. The number of nitrogens with zero attached hydrogens (tertiary/aromatic N) is 1. The molecule has 0 atom stereocenters. The first kappa shape index (κ1) is 13.0. The van der Waals surface area contributed by atoms with Crippen molar-refractivity contribution < 1.29 is 4.74 Å². The highest BCUT2D eigenvalue weighted by Crippen LogP contribution is 2.41. The van der Waals surface area contributed by atoms with Crippen molar-refractivity contribution in [3.05, 3.63) is 45.4 Å². The van der Waals surface area contributed by atoms with E-state index in [9.17, 15) is 4.79 Å². The Bertz CT molecular complexity index is 795. The van der Waals surface area contributed by atoms with Gasteiger partial charge in [0.15, 0.2) is 0 Å². The molecule has 0 bridgehead atoms. The quantitative estimate of drug-likeness (QED) is 0.880. The first-order valence-electron chi connectivity index (χ1n) is 7.05. The SMILES string of the molecule is CC1(C)Cc2cccc(-c3nc4c(c(=O)[nH]3)CSC4)c2O1. The van der Waals surface area contributed by atoms with Crippen LogP contribution in [0.3, 0.4) is 0 Å². The summed E-state index contributed by atoms with van der Waals surface area (Å²) in [4.78, 5) is 19.8. The number of fused-ring (bicyclic) bond motifs is 2. The number of hydrogen-bond donors (Lipinski definition) is 1. The first-order chi connectivity index (χ1) is 10.0. The Hall–Kier alpha value is -1.75. The molecule has 0 amide bonds. The second-order valence-electron chi connectivity index (χ2n) is 6.16. The Morgan fingerprint density at radius 3 is 3.05 bits per heavy atom. The van der Waals surface area contributed by atoms with Crippen LogP contribution in [0.4, 0.5) is 0 Å². The van der Waals surface area contributed by atoms with Crippen molar-refractivity contribution in [2.75, 3.05) is 0 Å². The third-order valence-corrected chi connectivity index (χ3v) is 4.90. The van der Waals surface area contributed by atoms with Crippen LogP contribution in [-0.4, -0.2) is 15.6 Å². The molecule has 3 heterocycles. The van der Waals surface area contributed by atoms with Crippen LogP contribution < -0.4 is 10.3 Å². The van der Waals surface area contributed by atoms with E-state index >= 15 is 0 Å². The molecule has 0 aliphatic carbocycles. The molecule has 5 heteroatoms. The number of H-pyrrole nitrogens is 1. The van der Waals surface area contributed by atoms with Crippen LogP contribution in [0.5, 0.6) is 5.75 Å². The molecule has 0 unspecified atom stereocenters. The molecule has 4 rings (SSSR count). The molecular formula is C16H16N2O2S. The fraction of sp³-hybridized carbons (Fsp3) is 0.375.